The minimum absolute atomic E-state index is 0.00673. The Morgan fingerprint density at radius 3 is 1.86 bits per heavy atom. The summed E-state index contributed by atoms with van der Waals surface area (Å²) in [5.41, 5.74) is 0.691. The van der Waals surface area contributed by atoms with Crippen molar-refractivity contribution in [3.05, 3.63) is 53.8 Å². The standard InChI is InChI=1S/C18H21FN2O5S2/c1-14-12-17(6-7-18(14)26-2)28(24,25)21-10-8-20(9-11-21)27(22,23)16-5-3-4-15(19)13-16/h3-7,12-13H,8-11H2,1-2H3. The molecular formula is C18H21FN2O5S2. The molecule has 2 aromatic carbocycles. The molecule has 28 heavy (non-hydrogen) atoms. The van der Waals surface area contributed by atoms with E-state index < -0.39 is 25.9 Å². The number of hydrogen-bond donors (Lipinski definition) is 0. The van der Waals surface area contributed by atoms with Gasteiger partial charge in [0.1, 0.15) is 11.6 Å². The van der Waals surface area contributed by atoms with E-state index in [4.69, 9.17) is 4.74 Å². The fraction of sp³-hybridized carbons (Fsp3) is 0.333. The zero-order valence-corrected chi connectivity index (χ0v) is 17.1. The third-order valence-corrected chi connectivity index (χ3v) is 8.42. The summed E-state index contributed by atoms with van der Waals surface area (Å²) in [5, 5.41) is 0. The van der Waals surface area contributed by atoms with Crippen LogP contribution in [0.3, 0.4) is 0 Å². The Hall–Kier alpha value is -2.01. The summed E-state index contributed by atoms with van der Waals surface area (Å²) in [6.45, 7) is 1.77. The van der Waals surface area contributed by atoms with Crippen LogP contribution < -0.4 is 4.74 Å². The zero-order valence-electron chi connectivity index (χ0n) is 15.5. The molecule has 10 heteroatoms. The fourth-order valence-electron chi connectivity index (χ4n) is 3.09. The average molecular weight is 429 g/mol. The zero-order chi connectivity index (χ0) is 20.5. The molecule has 1 fully saturated rings. The first kappa shape index (κ1) is 20.7. The molecule has 0 atom stereocenters. The summed E-state index contributed by atoms with van der Waals surface area (Å²) in [6, 6.07) is 9.36. The Bertz CT molecular complexity index is 1080. The van der Waals surface area contributed by atoms with Crippen molar-refractivity contribution in [1.29, 1.82) is 0 Å². The van der Waals surface area contributed by atoms with E-state index >= 15 is 0 Å². The van der Waals surface area contributed by atoms with E-state index in [1.807, 2.05) is 0 Å². The van der Waals surface area contributed by atoms with Gasteiger partial charge in [0.2, 0.25) is 20.0 Å². The van der Waals surface area contributed by atoms with Gasteiger partial charge >= 0.3 is 0 Å². The van der Waals surface area contributed by atoms with Crippen LogP contribution in [0.1, 0.15) is 5.56 Å². The molecule has 0 N–H and O–H groups in total. The van der Waals surface area contributed by atoms with Gasteiger partial charge in [-0.15, -0.1) is 0 Å². The number of methoxy groups -OCH3 is 1. The van der Waals surface area contributed by atoms with E-state index in [9.17, 15) is 21.2 Å². The molecule has 152 valence electrons. The Balaban J connectivity index is 1.77. The summed E-state index contributed by atoms with van der Waals surface area (Å²) in [6.07, 6.45) is 0. The lowest BCUT2D eigenvalue weighted by Crippen LogP contribution is -2.50. The van der Waals surface area contributed by atoms with Crippen LogP contribution >= 0.6 is 0 Å². The summed E-state index contributed by atoms with van der Waals surface area (Å²) in [5.74, 6) is -0.0536. The monoisotopic (exact) mass is 428 g/mol. The third kappa shape index (κ3) is 3.90. The molecule has 1 aliphatic heterocycles. The molecule has 0 unspecified atom stereocenters. The SMILES string of the molecule is COc1ccc(S(=O)(=O)N2CCN(S(=O)(=O)c3cccc(F)c3)CC2)cc1C. The summed E-state index contributed by atoms with van der Waals surface area (Å²) in [4.78, 5) is -0.0122. The van der Waals surface area contributed by atoms with Crippen LogP contribution in [0.4, 0.5) is 4.39 Å². The quantitative estimate of drug-likeness (QED) is 0.726. The average Bonchev–Trinajstić information content (AvgIpc) is 2.68. The van der Waals surface area contributed by atoms with Crippen LogP contribution in [0, 0.1) is 12.7 Å². The Morgan fingerprint density at radius 1 is 0.857 bits per heavy atom. The predicted octanol–water partition coefficient (Wildman–Crippen LogP) is 1.84. The first-order chi connectivity index (χ1) is 13.2. The molecule has 0 spiro atoms. The fourth-order valence-corrected chi connectivity index (χ4v) is 6.05. The van der Waals surface area contributed by atoms with Crippen molar-refractivity contribution in [2.45, 2.75) is 16.7 Å². The van der Waals surface area contributed by atoms with E-state index in [-0.39, 0.29) is 36.0 Å². The Kier molecular flexibility index (Phi) is 5.76. The van der Waals surface area contributed by atoms with Gasteiger partial charge in [-0.25, -0.2) is 21.2 Å². The number of halogens is 1. The number of nitrogens with zero attached hydrogens (tertiary/aromatic N) is 2. The third-order valence-electron chi connectivity index (χ3n) is 4.64. The van der Waals surface area contributed by atoms with Gasteiger partial charge in [-0.2, -0.15) is 8.61 Å². The van der Waals surface area contributed by atoms with Crippen LogP contribution in [-0.4, -0.2) is 58.7 Å². The lowest BCUT2D eigenvalue weighted by molar-refractivity contribution is 0.272. The molecule has 3 rings (SSSR count). The van der Waals surface area contributed by atoms with E-state index in [0.717, 1.165) is 6.07 Å². The molecule has 0 bridgehead atoms. The highest BCUT2D eigenvalue weighted by Gasteiger charge is 2.34. The van der Waals surface area contributed by atoms with Gasteiger partial charge in [0, 0.05) is 26.2 Å². The van der Waals surface area contributed by atoms with E-state index in [2.05, 4.69) is 0 Å². The Labute approximate surface area is 164 Å². The first-order valence-electron chi connectivity index (χ1n) is 8.57. The number of benzene rings is 2. The van der Waals surface area contributed by atoms with Gasteiger partial charge < -0.3 is 4.74 Å². The normalized spacial score (nSPS) is 16.8. The highest BCUT2D eigenvalue weighted by molar-refractivity contribution is 7.89. The van der Waals surface area contributed by atoms with Crippen molar-refractivity contribution in [1.82, 2.24) is 8.61 Å². The van der Waals surface area contributed by atoms with E-state index in [1.165, 1.54) is 46.1 Å². The van der Waals surface area contributed by atoms with Gasteiger partial charge in [0.25, 0.3) is 0 Å². The highest BCUT2D eigenvalue weighted by Crippen LogP contribution is 2.25. The van der Waals surface area contributed by atoms with E-state index in [1.54, 1.807) is 13.0 Å². The van der Waals surface area contributed by atoms with Crippen molar-refractivity contribution in [2.75, 3.05) is 33.3 Å². The van der Waals surface area contributed by atoms with Gasteiger partial charge in [-0.1, -0.05) is 6.07 Å². The number of ether oxygens (including phenoxy) is 1. The predicted molar refractivity (Wildman–Crippen MR) is 102 cm³/mol. The van der Waals surface area contributed by atoms with Gasteiger partial charge in [-0.05, 0) is 48.9 Å². The van der Waals surface area contributed by atoms with Crippen molar-refractivity contribution >= 4 is 20.0 Å². The summed E-state index contributed by atoms with van der Waals surface area (Å²) < 4.78 is 72.0. The molecule has 0 aromatic heterocycles. The van der Waals surface area contributed by atoms with Gasteiger partial charge in [0.05, 0.1) is 16.9 Å². The number of aryl methyl sites for hydroxylation is 1. The molecular weight excluding hydrogens is 407 g/mol. The second kappa shape index (κ2) is 7.78. The van der Waals surface area contributed by atoms with E-state index in [0.29, 0.717) is 11.3 Å². The Morgan fingerprint density at radius 2 is 1.39 bits per heavy atom. The summed E-state index contributed by atoms with van der Waals surface area (Å²) in [7, 11) is -6.12. The molecule has 0 aliphatic carbocycles. The minimum Gasteiger partial charge on any atom is -0.496 e. The molecule has 0 amide bonds. The maximum atomic E-state index is 13.4. The lowest BCUT2D eigenvalue weighted by atomic mass is 10.2. The largest absolute Gasteiger partial charge is 0.496 e. The maximum absolute atomic E-state index is 13.4. The van der Waals surface area contributed by atoms with Gasteiger partial charge in [-0.3, -0.25) is 0 Å². The van der Waals surface area contributed by atoms with Crippen LogP contribution in [0.5, 0.6) is 5.75 Å². The van der Waals surface area contributed by atoms with Crippen LogP contribution in [0.15, 0.2) is 52.3 Å². The lowest BCUT2D eigenvalue weighted by Gasteiger charge is -2.33. The van der Waals surface area contributed by atoms with Crippen molar-refractivity contribution in [3.8, 4) is 5.75 Å². The van der Waals surface area contributed by atoms with Gasteiger partial charge in [0.15, 0.2) is 0 Å². The smallest absolute Gasteiger partial charge is 0.243 e. The molecule has 0 radical (unpaired) electrons. The molecule has 2 aromatic rings. The summed E-state index contributed by atoms with van der Waals surface area (Å²) >= 11 is 0. The molecule has 1 saturated heterocycles. The number of rotatable bonds is 5. The van der Waals surface area contributed by atoms with Crippen molar-refractivity contribution in [2.24, 2.45) is 0 Å². The number of piperazine rings is 1. The number of hydrogen-bond acceptors (Lipinski definition) is 5. The van der Waals surface area contributed by atoms with Crippen LogP contribution in [0.25, 0.3) is 0 Å². The topological polar surface area (TPSA) is 84.0 Å². The van der Waals surface area contributed by atoms with Crippen molar-refractivity contribution < 1.29 is 26.0 Å². The van der Waals surface area contributed by atoms with Crippen LogP contribution in [-0.2, 0) is 20.0 Å². The first-order valence-corrected chi connectivity index (χ1v) is 11.4. The molecule has 0 saturated carbocycles. The maximum Gasteiger partial charge on any atom is 0.243 e. The van der Waals surface area contributed by atoms with Crippen LogP contribution in [0.2, 0.25) is 0 Å². The molecule has 7 nitrogen and oxygen atoms in total. The highest BCUT2D eigenvalue weighted by atomic mass is 32.2. The second-order valence-corrected chi connectivity index (χ2v) is 10.3. The molecule has 1 aliphatic rings. The van der Waals surface area contributed by atoms with Crippen molar-refractivity contribution in [3.63, 3.8) is 0 Å². The minimum atomic E-state index is -3.88. The molecule has 1 heterocycles. The second-order valence-electron chi connectivity index (χ2n) is 6.40. The number of sulfonamides is 2.